The minimum Gasteiger partial charge on any atom is -0.445 e. The Morgan fingerprint density at radius 2 is 2.12 bits per heavy atom. The molecule has 2 rings (SSSR count). The fourth-order valence-electron chi connectivity index (χ4n) is 1.41. The zero-order chi connectivity index (χ0) is 12.4. The van der Waals surface area contributed by atoms with Crippen LogP contribution in [0.3, 0.4) is 0 Å². The smallest absolute Gasteiger partial charge is 0.204 e. The van der Waals surface area contributed by atoms with Gasteiger partial charge in [-0.15, -0.1) is 11.8 Å². The summed E-state index contributed by atoms with van der Waals surface area (Å²) in [5, 5.41) is 0. The average molecular weight is 252 g/mol. The molecule has 0 aliphatic rings. The van der Waals surface area contributed by atoms with E-state index in [1.165, 1.54) is 23.9 Å². The van der Waals surface area contributed by atoms with E-state index in [9.17, 15) is 4.39 Å². The summed E-state index contributed by atoms with van der Waals surface area (Å²) in [6, 6.07) is 4.48. The van der Waals surface area contributed by atoms with E-state index in [4.69, 9.17) is 10.2 Å². The highest BCUT2D eigenvalue weighted by atomic mass is 32.2. The monoisotopic (exact) mass is 252 g/mol. The van der Waals surface area contributed by atoms with Gasteiger partial charge in [-0.1, -0.05) is 0 Å². The molecule has 0 saturated heterocycles. The van der Waals surface area contributed by atoms with Crippen molar-refractivity contribution in [2.24, 2.45) is 0 Å². The third-order valence-electron chi connectivity index (χ3n) is 2.33. The summed E-state index contributed by atoms with van der Waals surface area (Å²) < 4.78 is 18.5. The topological polar surface area (TPSA) is 52.0 Å². The van der Waals surface area contributed by atoms with Crippen molar-refractivity contribution in [2.75, 3.05) is 5.73 Å². The Labute approximate surface area is 103 Å². The summed E-state index contributed by atoms with van der Waals surface area (Å²) in [6.45, 7) is 3.77. The van der Waals surface area contributed by atoms with Gasteiger partial charge < -0.3 is 10.2 Å². The number of hydrogen-bond donors (Lipinski definition) is 1. The van der Waals surface area contributed by atoms with Crippen molar-refractivity contribution in [3.05, 3.63) is 41.4 Å². The number of aryl methyl sites for hydroxylation is 2. The molecule has 0 fully saturated rings. The Morgan fingerprint density at radius 1 is 1.35 bits per heavy atom. The van der Waals surface area contributed by atoms with E-state index in [2.05, 4.69) is 4.98 Å². The zero-order valence-corrected chi connectivity index (χ0v) is 10.5. The van der Waals surface area contributed by atoms with E-state index < -0.39 is 0 Å². The predicted molar refractivity (Wildman–Crippen MR) is 66.4 cm³/mol. The molecule has 0 spiro atoms. The molecule has 0 bridgehead atoms. The number of nitrogens with two attached hydrogens (primary N) is 1. The molecule has 1 aromatic carbocycles. The predicted octanol–water partition coefficient (Wildman–Crippen LogP) is 3.31. The standard InChI is InChI=1S/C12H13FN2OS/c1-7-8(2)16-12(15-7)6-17-11-4-9(13)3-10(14)5-11/h3-5H,6,14H2,1-2H3. The van der Waals surface area contributed by atoms with Gasteiger partial charge in [0.15, 0.2) is 0 Å². The lowest BCUT2D eigenvalue weighted by Crippen LogP contribution is -1.88. The minimum atomic E-state index is -0.327. The molecule has 1 heterocycles. The Bertz CT molecular complexity index is 500. The van der Waals surface area contributed by atoms with E-state index in [1.54, 1.807) is 6.07 Å². The van der Waals surface area contributed by atoms with Crippen molar-refractivity contribution >= 4 is 17.4 Å². The van der Waals surface area contributed by atoms with Crippen LogP contribution >= 0.6 is 11.8 Å². The molecule has 2 aromatic rings. The van der Waals surface area contributed by atoms with E-state index in [0.717, 1.165) is 16.3 Å². The molecule has 0 unspecified atom stereocenters. The zero-order valence-electron chi connectivity index (χ0n) is 9.66. The maximum Gasteiger partial charge on any atom is 0.204 e. The number of hydrogen-bond acceptors (Lipinski definition) is 4. The molecule has 90 valence electrons. The van der Waals surface area contributed by atoms with Crippen molar-refractivity contribution in [1.82, 2.24) is 4.98 Å². The van der Waals surface area contributed by atoms with Crippen LogP contribution in [0.5, 0.6) is 0 Å². The molecule has 0 saturated carbocycles. The van der Waals surface area contributed by atoms with Crippen molar-refractivity contribution in [3.8, 4) is 0 Å². The first-order chi connectivity index (χ1) is 8.04. The summed E-state index contributed by atoms with van der Waals surface area (Å²) in [5.41, 5.74) is 6.88. The Balaban J connectivity index is 2.07. The highest BCUT2D eigenvalue weighted by molar-refractivity contribution is 7.98. The molecular formula is C12H13FN2OS. The van der Waals surface area contributed by atoms with Gasteiger partial charge in [-0.05, 0) is 32.0 Å². The molecule has 3 nitrogen and oxygen atoms in total. The van der Waals surface area contributed by atoms with Crippen molar-refractivity contribution in [2.45, 2.75) is 24.5 Å². The summed E-state index contributed by atoms with van der Waals surface area (Å²) in [4.78, 5) is 5.03. The normalized spacial score (nSPS) is 10.8. The lowest BCUT2D eigenvalue weighted by atomic mass is 10.3. The van der Waals surface area contributed by atoms with E-state index in [0.29, 0.717) is 17.3 Å². The first kappa shape index (κ1) is 12.0. The Morgan fingerprint density at radius 3 is 2.71 bits per heavy atom. The third kappa shape index (κ3) is 3.00. The van der Waals surface area contributed by atoms with Crippen molar-refractivity contribution < 1.29 is 8.81 Å². The molecule has 0 radical (unpaired) electrons. The minimum absolute atomic E-state index is 0.327. The van der Waals surface area contributed by atoms with Gasteiger partial charge >= 0.3 is 0 Å². The van der Waals surface area contributed by atoms with Gasteiger partial charge in [-0.3, -0.25) is 0 Å². The van der Waals surface area contributed by atoms with Gasteiger partial charge in [-0.2, -0.15) is 0 Å². The first-order valence-corrected chi connectivity index (χ1v) is 6.15. The summed E-state index contributed by atoms with van der Waals surface area (Å²) >= 11 is 1.45. The highest BCUT2D eigenvalue weighted by Gasteiger charge is 2.07. The van der Waals surface area contributed by atoms with Gasteiger partial charge in [0, 0.05) is 10.6 Å². The average Bonchev–Trinajstić information content (AvgIpc) is 2.54. The maximum absolute atomic E-state index is 13.1. The Hall–Kier alpha value is -1.49. The number of nitrogens with zero attached hydrogens (tertiary/aromatic N) is 1. The quantitative estimate of drug-likeness (QED) is 0.672. The van der Waals surface area contributed by atoms with Crippen LogP contribution in [0.25, 0.3) is 0 Å². The molecule has 0 aliphatic carbocycles. The maximum atomic E-state index is 13.1. The van der Waals surface area contributed by atoms with Gasteiger partial charge in [0.2, 0.25) is 5.89 Å². The van der Waals surface area contributed by atoms with Gasteiger partial charge in [0.1, 0.15) is 11.6 Å². The van der Waals surface area contributed by atoms with Crippen LogP contribution in [0.1, 0.15) is 17.3 Å². The molecular weight excluding hydrogens is 239 g/mol. The van der Waals surface area contributed by atoms with Gasteiger partial charge in [0.05, 0.1) is 11.4 Å². The van der Waals surface area contributed by atoms with E-state index in [1.807, 2.05) is 13.8 Å². The van der Waals surface area contributed by atoms with Crippen LogP contribution in [0.2, 0.25) is 0 Å². The number of nitrogen functional groups attached to an aromatic ring is 1. The lowest BCUT2D eigenvalue weighted by molar-refractivity contribution is 0.489. The summed E-state index contributed by atoms with van der Waals surface area (Å²) in [7, 11) is 0. The van der Waals surface area contributed by atoms with Crippen LogP contribution in [0.4, 0.5) is 10.1 Å². The largest absolute Gasteiger partial charge is 0.445 e. The lowest BCUT2D eigenvalue weighted by Gasteiger charge is -2.01. The van der Waals surface area contributed by atoms with Gasteiger partial charge in [-0.25, -0.2) is 9.37 Å². The number of oxazole rings is 1. The van der Waals surface area contributed by atoms with Gasteiger partial charge in [0.25, 0.3) is 0 Å². The number of rotatable bonds is 3. The van der Waals surface area contributed by atoms with Crippen LogP contribution < -0.4 is 5.73 Å². The fourth-order valence-corrected chi connectivity index (χ4v) is 2.24. The molecule has 0 amide bonds. The van der Waals surface area contributed by atoms with Crippen LogP contribution in [-0.2, 0) is 5.75 Å². The SMILES string of the molecule is Cc1nc(CSc2cc(N)cc(F)c2)oc1C. The van der Waals surface area contributed by atoms with Crippen LogP contribution in [0.15, 0.2) is 27.5 Å². The fraction of sp³-hybridized carbons (Fsp3) is 0.250. The molecule has 5 heteroatoms. The number of benzene rings is 1. The second kappa shape index (κ2) is 4.79. The summed E-state index contributed by atoms with van der Waals surface area (Å²) in [6.07, 6.45) is 0. The van der Waals surface area contributed by atoms with Crippen molar-refractivity contribution in [3.63, 3.8) is 0 Å². The van der Waals surface area contributed by atoms with Crippen LogP contribution in [0, 0.1) is 19.7 Å². The summed E-state index contributed by atoms with van der Waals surface area (Å²) in [5.74, 6) is 1.71. The number of anilines is 1. The second-order valence-electron chi connectivity index (χ2n) is 3.76. The highest BCUT2D eigenvalue weighted by Crippen LogP contribution is 2.25. The Kier molecular flexibility index (Phi) is 3.38. The molecule has 17 heavy (non-hydrogen) atoms. The van der Waals surface area contributed by atoms with E-state index in [-0.39, 0.29) is 5.82 Å². The molecule has 1 aromatic heterocycles. The number of thioether (sulfide) groups is 1. The first-order valence-electron chi connectivity index (χ1n) is 5.16. The number of halogens is 1. The van der Waals surface area contributed by atoms with Crippen molar-refractivity contribution in [1.29, 1.82) is 0 Å². The molecule has 2 N–H and O–H groups in total. The number of aromatic nitrogens is 1. The van der Waals surface area contributed by atoms with E-state index >= 15 is 0 Å². The second-order valence-corrected chi connectivity index (χ2v) is 4.81. The molecule has 0 atom stereocenters. The van der Waals surface area contributed by atoms with Crippen LogP contribution in [-0.4, -0.2) is 4.98 Å². The third-order valence-corrected chi connectivity index (χ3v) is 3.29. The molecule has 0 aliphatic heterocycles.